The number of nitrogens with one attached hydrogen (secondary N) is 2. The fourth-order valence-corrected chi connectivity index (χ4v) is 3.61. The van der Waals surface area contributed by atoms with E-state index in [0.717, 1.165) is 16.5 Å². The van der Waals surface area contributed by atoms with Crippen molar-refractivity contribution in [2.24, 2.45) is 0 Å². The van der Waals surface area contributed by atoms with Crippen molar-refractivity contribution in [1.29, 1.82) is 0 Å². The number of aromatic nitrogens is 1. The number of rotatable bonds is 5. The molecule has 0 bridgehead atoms. The Morgan fingerprint density at radius 3 is 2.85 bits per heavy atom. The van der Waals surface area contributed by atoms with Crippen molar-refractivity contribution in [2.75, 3.05) is 12.4 Å². The molecule has 0 spiro atoms. The number of nitrogens with zero attached hydrogens (tertiary/aromatic N) is 1. The highest BCUT2D eigenvalue weighted by atomic mass is 16.5. The van der Waals surface area contributed by atoms with E-state index in [1.54, 1.807) is 24.1 Å². The lowest BCUT2D eigenvalue weighted by Gasteiger charge is -2.24. The molecule has 0 saturated carbocycles. The Labute approximate surface area is 157 Å². The summed E-state index contributed by atoms with van der Waals surface area (Å²) in [6, 6.07) is 14.7. The molecule has 27 heavy (non-hydrogen) atoms. The van der Waals surface area contributed by atoms with Crippen LogP contribution >= 0.6 is 0 Å². The van der Waals surface area contributed by atoms with Crippen molar-refractivity contribution in [3.05, 3.63) is 60.3 Å². The molecule has 1 aromatic heterocycles. The number of aromatic amines is 1. The molecule has 1 saturated heterocycles. The van der Waals surface area contributed by atoms with Crippen LogP contribution in [-0.4, -0.2) is 34.8 Å². The number of anilines is 1. The molecule has 2 amide bonds. The summed E-state index contributed by atoms with van der Waals surface area (Å²) in [7, 11) is 1.56. The van der Waals surface area contributed by atoms with Gasteiger partial charge in [-0.2, -0.15) is 0 Å². The second kappa shape index (κ2) is 7.15. The molecular weight excluding hydrogens is 342 g/mol. The zero-order valence-electron chi connectivity index (χ0n) is 15.1. The third-order valence-corrected chi connectivity index (χ3v) is 5.01. The molecule has 3 aromatic rings. The first-order valence-corrected chi connectivity index (χ1v) is 8.95. The van der Waals surface area contributed by atoms with Crippen molar-refractivity contribution in [3.8, 4) is 5.75 Å². The third kappa shape index (κ3) is 3.26. The maximum absolute atomic E-state index is 12.9. The highest BCUT2D eigenvalue weighted by Gasteiger charge is 2.36. The topological polar surface area (TPSA) is 74.4 Å². The summed E-state index contributed by atoms with van der Waals surface area (Å²) >= 11 is 0. The Kier molecular flexibility index (Phi) is 4.54. The molecule has 0 radical (unpaired) electrons. The van der Waals surface area contributed by atoms with Crippen LogP contribution in [0, 0.1) is 0 Å². The molecule has 138 valence electrons. The van der Waals surface area contributed by atoms with Crippen molar-refractivity contribution < 1.29 is 14.3 Å². The number of hydrogen-bond acceptors (Lipinski definition) is 3. The van der Waals surface area contributed by atoms with Crippen LogP contribution in [0.25, 0.3) is 10.9 Å². The molecular formula is C21H21N3O3. The van der Waals surface area contributed by atoms with Gasteiger partial charge < -0.3 is 19.9 Å². The Morgan fingerprint density at radius 1 is 1.22 bits per heavy atom. The SMILES string of the molecule is COc1ccccc1NC(=O)C1CCC(=O)N1Cc1c[nH]c2ccccc12. The monoisotopic (exact) mass is 363 g/mol. The number of benzene rings is 2. The number of carbonyl (C=O) groups excluding carboxylic acids is 2. The summed E-state index contributed by atoms with van der Waals surface area (Å²) in [4.78, 5) is 30.2. The number of hydrogen-bond donors (Lipinski definition) is 2. The standard InChI is InChI=1S/C21H21N3O3/c1-27-19-9-5-4-8-17(19)23-21(26)18-10-11-20(25)24(18)13-14-12-22-16-7-3-2-6-15(14)16/h2-9,12,18,22H,10-11,13H2,1H3,(H,23,26). The molecule has 1 aliphatic rings. The maximum atomic E-state index is 12.9. The first-order valence-electron chi connectivity index (χ1n) is 8.95. The smallest absolute Gasteiger partial charge is 0.247 e. The molecule has 6 nitrogen and oxygen atoms in total. The Balaban J connectivity index is 1.55. The molecule has 6 heteroatoms. The Morgan fingerprint density at radius 2 is 2.00 bits per heavy atom. The van der Waals surface area contributed by atoms with Crippen LogP contribution in [0.5, 0.6) is 5.75 Å². The van der Waals surface area contributed by atoms with Gasteiger partial charge in [-0.1, -0.05) is 30.3 Å². The summed E-state index contributed by atoms with van der Waals surface area (Å²) in [5.41, 5.74) is 2.64. The quantitative estimate of drug-likeness (QED) is 0.730. The molecule has 0 aliphatic carbocycles. The molecule has 1 atom stereocenters. The second-order valence-electron chi connectivity index (χ2n) is 6.63. The summed E-state index contributed by atoms with van der Waals surface area (Å²) in [5, 5.41) is 3.98. The molecule has 1 fully saturated rings. The van der Waals surface area contributed by atoms with Crippen LogP contribution in [0.4, 0.5) is 5.69 Å². The summed E-state index contributed by atoms with van der Waals surface area (Å²) in [5.74, 6) is 0.406. The van der Waals surface area contributed by atoms with E-state index in [1.807, 2.05) is 42.6 Å². The minimum absolute atomic E-state index is 0.000424. The lowest BCUT2D eigenvalue weighted by atomic mass is 10.1. The first kappa shape index (κ1) is 17.1. The lowest BCUT2D eigenvalue weighted by Crippen LogP contribution is -2.41. The molecule has 4 rings (SSSR count). The average molecular weight is 363 g/mol. The molecule has 2 aromatic carbocycles. The van der Waals surface area contributed by atoms with Crippen LogP contribution in [0.3, 0.4) is 0 Å². The van der Waals surface area contributed by atoms with Crippen LogP contribution < -0.4 is 10.1 Å². The molecule has 1 aliphatic heterocycles. The van der Waals surface area contributed by atoms with Crippen LogP contribution in [0.2, 0.25) is 0 Å². The van der Waals surface area contributed by atoms with Gasteiger partial charge in [-0.25, -0.2) is 0 Å². The number of methoxy groups -OCH3 is 1. The van der Waals surface area contributed by atoms with Gasteiger partial charge in [0.1, 0.15) is 11.8 Å². The predicted octanol–water partition coefficient (Wildman–Crippen LogP) is 3.31. The largest absolute Gasteiger partial charge is 0.495 e. The van der Waals surface area contributed by atoms with E-state index in [0.29, 0.717) is 30.8 Å². The fourth-order valence-electron chi connectivity index (χ4n) is 3.61. The van der Waals surface area contributed by atoms with E-state index in [-0.39, 0.29) is 11.8 Å². The van der Waals surface area contributed by atoms with Gasteiger partial charge >= 0.3 is 0 Å². The van der Waals surface area contributed by atoms with E-state index >= 15 is 0 Å². The highest BCUT2D eigenvalue weighted by molar-refractivity contribution is 6.00. The average Bonchev–Trinajstić information content (AvgIpc) is 3.27. The number of carbonyl (C=O) groups is 2. The van der Waals surface area contributed by atoms with Crippen molar-refractivity contribution in [3.63, 3.8) is 0 Å². The minimum Gasteiger partial charge on any atom is -0.495 e. The molecule has 2 heterocycles. The second-order valence-corrected chi connectivity index (χ2v) is 6.63. The van der Waals surface area contributed by atoms with Crippen LogP contribution in [0.15, 0.2) is 54.7 Å². The number of ether oxygens (including phenoxy) is 1. The predicted molar refractivity (Wildman–Crippen MR) is 103 cm³/mol. The normalized spacial score (nSPS) is 16.7. The maximum Gasteiger partial charge on any atom is 0.247 e. The minimum atomic E-state index is -0.490. The molecule has 2 N–H and O–H groups in total. The van der Waals surface area contributed by atoms with Crippen LogP contribution in [-0.2, 0) is 16.1 Å². The van der Waals surface area contributed by atoms with E-state index < -0.39 is 6.04 Å². The Hall–Kier alpha value is -3.28. The van der Waals surface area contributed by atoms with Gasteiger partial charge in [0, 0.05) is 30.1 Å². The van der Waals surface area contributed by atoms with Gasteiger partial charge in [0.2, 0.25) is 11.8 Å². The first-order chi connectivity index (χ1) is 13.2. The highest BCUT2D eigenvalue weighted by Crippen LogP contribution is 2.28. The number of likely N-dealkylation sites (tertiary alicyclic amines) is 1. The molecule has 1 unspecified atom stereocenters. The Bertz CT molecular complexity index is 995. The summed E-state index contributed by atoms with van der Waals surface area (Å²) in [6.07, 6.45) is 2.81. The van der Waals surface area contributed by atoms with Gasteiger partial charge in [0.25, 0.3) is 0 Å². The van der Waals surface area contributed by atoms with Crippen molar-refractivity contribution >= 4 is 28.4 Å². The third-order valence-electron chi connectivity index (χ3n) is 5.01. The van der Waals surface area contributed by atoms with Gasteiger partial charge in [-0.15, -0.1) is 0 Å². The van der Waals surface area contributed by atoms with E-state index in [4.69, 9.17) is 4.74 Å². The lowest BCUT2D eigenvalue weighted by molar-refractivity contribution is -0.133. The number of amides is 2. The van der Waals surface area contributed by atoms with Crippen molar-refractivity contribution in [2.45, 2.75) is 25.4 Å². The van der Waals surface area contributed by atoms with Gasteiger partial charge in [0.05, 0.1) is 12.8 Å². The van der Waals surface area contributed by atoms with E-state index in [2.05, 4.69) is 10.3 Å². The summed E-state index contributed by atoms with van der Waals surface area (Å²) < 4.78 is 5.29. The number of H-pyrrole nitrogens is 1. The van der Waals surface area contributed by atoms with Crippen molar-refractivity contribution in [1.82, 2.24) is 9.88 Å². The fraction of sp³-hybridized carbons (Fsp3) is 0.238. The number of para-hydroxylation sites is 3. The zero-order chi connectivity index (χ0) is 18.8. The zero-order valence-corrected chi connectivity index (χ0v) is 15.1. The van der Waals surface area contributed by atoms with Gasteiger partial charge in [-0.3, -0.25) is 9.59 Å². The van der Waals surface area contributed by atoms with E-state index in [9.17, 15) is 9.59 Å². The summed E-state index contributed by atoms with van der Waals surface area (Å²) in [6.45, 7) is 0.410. The van der Waals surface area contributed by atoms with E-state index in [1.165, 1.54) is 0 Å². The van der Waals surface area contributed by atoms with Gasteiger partial charge in [0.15, 0.2) is 0 Å². The van der Waals surface area contributed by atoms with Crippen LogP contribution in [0.1, 0.15) is 18.4 Å². The number of fused-ring (bicyclic) bond motifs is 1. The van der Waals surface area contributed by atoms with Gasteiger partial charge in [-0.05, 0) is 30.2 Å².